The van der Waals surface area contributed by atoms with Gasteiger partial charge in [0.15, 0.2) is 5.78 Å². The van der Waals surface area contributed by atoms with E-state index in [4.69, 9.17) is 9.84 Å². The summed E-state index contributed by atoms with van der Waals surface area (Å²) in [6, 6.07) is 7.03. The Balaban J connectivity index is 2.61. The second-order valence-corrected chi connectivity index (χ2v) is 2.80. The Morgan fingerprint density at radius 3 is 2.92 bits per heavy atom. The summed E-state index contributed by atoms with van der Waals surface area (Å²) in [5.41, 5.74) is 0.779. The molecule has 0 fully saturated rings. The first-order valence-electron chi connectivity index (χ1n) is 4.04. The van der Waals surface area contributed by atoms with Gasteiger partial charge in [0.05, 0.1) is 6.61 Å². The molecule has 0 unspecified atom stereocenters. The fraction of sp³-hybridized carbons (Fsp3) is 0.300. The second kappa shape index (κ2) is 4.62. The molecule has 70 valence electrons. The highest BCUT2D eigenvalue weighted by Gasteiger charge is 1.97. The van der Waals surface area contributed by atoms with Crippen LogP contribution in [0, 0.1) is 0 Å². The van der Waals surface area contributed by atoms with Gasteiger partial charge in [0.25, 0.3) is 0 Å². The highest BCUT2D eigenvalue weighted by molar-refractivity contribution is 5.77. The molecule has 0 saturated heterocycles. The van der Waals surface area contributed by atoms with Crippen molar-refractivity contribution in [2.75, 3.05) is 6.61 Å². The molecule has 0 atom stereocenters. The predicted octanol–water partition coefficient (Wildman–Crippen LogP) is 1.15. The molecule has 0 aliphatic heterocycles. The van der Waals surface area contributed by atoms with Gasteiger partial charge in [-0.25, -0.2) is 0 Å². The largest absolute Gasteiger partial charge is 0.486 e. The van der Waals surface area contributed by atoms with Crippen molar-refractivity contribution in [3.8, 4) is 5.75 Å². The zero-order valence-electron chi connectivity index (χ0n) is 7.49. The van der Waals surface area contributed by atoms with Crippen molar-refractivity contribution < 1.29 is 14.6 Å². The highest BCUT2D eigenvalue weighted by Crippen LogP contribution is 2.12. The fourth-order valence-electron chi connectivity index (χ4n) is 0.919. The second-order valence-electron chi connectivity index (χ2n) is 2.80. The molecule has 0 spiro atoms. The monoisotopic (exact) mass is 180 g/mol. The summed E-state index contributed by atoms with van der Waals surface area (Å²) in [5, 5.41) is 8.82. The Morgan fingerprint density at radius 1 is 1.54 bits per heavy atom. The van der Waals surface area contributed by atoms with E-state index in [9.17, 15) is 4.79 Å². The Morgan fingerprint density at radius 2 is 2.31 bits per heavy atom. The molecule has 0 saturated carbocycles. The van der Waals surface area contributed by atoms with Gasteiger partial charge in [-0.1, -0.05) is 12.1 Å². The van der Waals surface area contributed by atoms with E-state index in [1.54, 1.807) is 24.3 Å². The molecule has 13 heavy (non-hydrogen) atoms. The third-order valence-electron chi connectivity index (χ3n) is 1.52. The standard InChI is InChI=1S/C10H12O3/c1-8(12)7-13-10-4-2-3-9(5-10)6-11/h2-5,11H,6-7H2,1H3. The lowest BCUT2D eigenvalue weighted by Gasteiger charge is -2.04. The molecule has 0 aromatic heterocycles. The molecule has 0 heterocycles. The number of hydrogen-bond donors (Lipinski definition) is 1. The minimum absolute atomic E-state index is 0.0166. The van der Waals surface area contributed by atoms with Crippen molar-refractivity contribution in [2.45, 2.75) is 13.5 Å². The van der Waals surface area contributed by atoms with Crippen molar-refractivity contribution in [1.29, 1.82) is 0 Å². The number of carbonyl (C=O) groups is 1. The quantitative estimate of drug-likeness (QED) is 0.756. The van der Waals surface area contributed by atoms with E-state index in [2.05, 4.69) is 0 Å². The lowest BCUT2D eigenvalue weighted by Crippen LogP contribution is -2.06. The lowest BCUT2D eigenvalue weighted by molar-refractivity contribution is -0.118. The van der Waals surface area contributed by atoms with E-state index < -0.39 is 0 Å². The minimum atomic E-state index is -0.0191. The van der Waals surface area contributed by atoms with Gasteiger partial charge in [0.2, 0.25) is 0 Å². The molecule has 3 heteroatoms. The van der Waals surface area contributed by atoms with Gasteiger partial charge < -0.3 is 9.84 Å². The van der Waals surface area contributed by atoms with Crippen LogP contribution in [0.25, 0.3) is 0 Å². The maximum atomic E-state index is 10.6. The number of benzene rings is 1. The maximum Gasteiger partial charge on any atom is 0.167 e. The van der Waals surface area contributed by atoms with Gasteiger partial charge in [-0.15, -0.1) is 0 Å². The van der Waals surface area contributed by atoms with E-state index in [0.29, 0.717) is 5.75 Å². The highest BCUT2D eigenvalue weighted by atomic mass is 16.5. The number of Topliss-reactive ketones (excluding diaryl/α,β-unsaturated/α-hetero) is 1. The Hall–Kier alpha value is -1.35. The molecule has 1 N–H and O–H groups in total. The molecular formula is C10H12O3. The first-order chi connectivity index (χ1) is 6.22. The molecule has 1 aromatic rings. The Kier molecular flexibility index (Phi) is 3.46. The number of aliphatic hydroxyl groups is 1. The Bertz CT molecular complexity index is 294. The summed E-state index contributed by atoms with van der Waals surface area (Å²) < 4.78 is 5.15. The van der Waals surface area contributed by atoms with Crippen LogP contribution in [0.1, 0.15) is 12.5 Å². The maximum absolute atomic E-state index is 10.6. The summed E-state index contributed by atoms with van der Waals surface area (Å²) in [5.74, 6) is 0.594. The average Bonchev–Trinajstić information content (AvgIpc) is 2.15. The smallest absolute Gasteiger partial charge is 0.167 e. The van der Waals surface area contributed by atoms with Crippen LogP contribution in [0.5, 0.6) is 5.75 Å². The zero-order chi connectivity index (χ0) is 9.68. The molecule has 0 amide bonds. The van der Waals surface area contributed by atoms with Crippen LogP contribution >= 0.6 is 0 Å². The van der Waals surface area contributed by atoms with Crippen LogP contribution < -0.4 is 4.74 Å². The van der Waals surface area contributed by atoms with Crippen molar-refractivity contribution in [3.05, 3.63) is 29.8 Å². The minimum Gasteiger partial charge on any atom is -0.486 e. The number of hydrogen-bond acceptors (Lipinski definition) is 3. The topological polar surface area (TPSA) is 46.5 Å². The lowest BCUT2D eigenvalue weighted by atomic mass is 10.2. The van der Waals surface area contributed by atoms with E-state index >= 15 is 0 Å². The first-order valence-corrected chi connectivity index (χ1v) is 4.04. The zero-order valence-corrected chi connectivity index (χ0v) is 7.49. The number of rotatable bonds is 4. The molecule has 1 aromatic carbocycles. The summed E-state index contributed by atoms with van der Waals surface area (Å²) in [6.45, 7) is 1.53. The fourth-order valence-corrected chi connectivity index (χ4v) is 0.919. The molecular weight excluding hydrogens is 168 g/mol. The summed E-state index contributed by atoms with van der Waals surface area (Å²) in [4.78, 5) is 10.6. The van der Waals surface area contributed by atoms with Crippen LogP contribution in [0.3, 0.4) is 0 Å². The Labute approximate surface area is 77.0 Å². The van der Waals surface area contributed by atoms with Gasteiger partial charge in [0.1, 0.15) is 12.4 Å². The molecule has 0 aliphatic carbocycles. The molecule has 0 bridgehead atoms. The number of ketones is 1. The van der Waals surface area contributed by atoms with Crippen LogP contribution in [-0.2, 0) is 11.4 Å². The van der Waals surface area contributed by atoms with Gasteiger partial charge >= 0.3 is 0 Å². The van der Waals surface area contributed by atoms with Gasteiger partial charge in [-0.2, -0.15) is 0 Å². The normalized spacial score (nSPS) is 9.69. The third kappa shape index (κ3) is 3.25. The van der Waals surface area contributed by atoms with Crippen molar-refractivity contribution in [2.24, 2.45) is 0 Å². The SMILES string of the molecule is CC(=O)COc1cccc(CO)c1. The van der Waals surface area contributed by atoms with E-state index in [0.717, 1.165) is 5.56 Å². The summed E-state index contributed by atoms with van der Waals surface area (Å²) in [6.07, 6.45) is 0. The molecule has 0 aliphatic rings. The summed E-state index contributed by atoms with van der Waals surface area (Å²) in [7, 11) is 0. The first kappa shape index (κ1) is 9.74. The van der Waals surface area contributed by atoms with E-state index in [-0.39, 0.29) is 19.0 Å². The third-order valence-corrected chi connectivity index (χ3v) is 1.52. The molecule has 1 rings (SSSR count). The van der Waals surface area contributed by atoms with Crippen molar-refractivity contribution in [1.82, 2.24) is 0 Å². The number of carbonyl (C=O) groups excluding carboxylic acids is 1. The van der Waals surface area contributed by atoms with Gasteiger partial charge in [0, 0.05) is 0 Å². The van der Waals surface area contributed by atoms with Crippen LogP contribution in [0.15, 0.2) is 24.3 Å². The van der Waals surface area contributed by atoms with Crippen LogP contribution in [0.2, 0.25) is 0 Å². The summed E-state index contributed by atoms with van der Waals surface area (Å²) >= 11 is 0. The van der Waals surface area contributed by atoms with Gasteiger partial charge in [-0.05, 0) is 24.6 Å². The van der Waals surface area contributed by atoms with Gasteiger partial charge in [-0.3, -0.25) is 4.79 Å². The van der Waals surface area contributed by atoms with Crippen LogP contribution in [0.4, 0.5) is 0 Å². The van der Waals surface area contributed by atoms with E-state index in [1.165, 1.54) is 6.92 Å². The average molecular weight is 180 g/mol. The van der Waals surface area contributed by atoms with Crippen molar-refractivity contribution in [3.63, 3.8) is 0 Å². The predicted molar refractivity (Wildman–Crippen MR) is 48.5 cm³/mol. The molecule has 3 nitrogen and oxygen atoms in total. The number of ether oxygens (including phenoxy) is 1. The van der Waals surface area contributed by atoms with Crippen LogP contribution in [-0.4, -0.2) is 17.5 Å². The van der Waals surface area contributed by atoms with E-state index in [1.807, 2.05) is 0 Å². The number of aliphatic hydroxyl groups excluding tert-OH is 1. The molecule has 0 radical (unpaired) electrons. The van der Waals surface area contributed by atoms with Crippen molar-refractivity contribution >= 4 is 5.78 Å².